The second kappa shape index (κ2) is 9.41. The van der Waals surface area contributed by atoms with Gasteiger partial charge >= 0.3 is 0 Å². The minimum absolute atomic E-state index is 0.0829. The van der Waals surface area contributed by atoms with Gasteiger partial charge in [-0.05, 0) is 37.1 Å². The predicted molar refractivity (Wildman–Crippen MR) is 102 cm³/mol. The molecule has 0 amide bonds. The third-order valence-electron chi connectivity index (χ3n) is 4.64. The summed E-state index contributed by atoms with van der Waals surface area (Å²) in [5.41, 5.74) is 1.18. The Balaban J connectivity index is 1.41. The molecule has 0 aliphatic carbocycles. The Morgan fingerprint density at radius 3 is 2.59 bits per heavy atom. The Morgan fingerprint density at radius 2 is 1.81 bits per heavy atom. The van der Waals surface area contributed by atoms with Gasteiger partial charge in [0.25, 0.3) is 0 Å². The van der Waals surface area contributed by atoms with Crippen molar-refractivity contribution in [2.45, 2.75) is 23.8 Å². The predicted octanol–water partition coefficient (Wildman–Crippen LogP) is 2.96. The molecule has 2 aromatic carbocycles. The van der Waals surface area contributed by atoms with Crippen LogP contribution in [0.4, 0.5) is 4.39 Å². The zero-order valence-corrected chi connectivity index (χ0v) is 16.0. The third kappa shape index (κ3) is 5.59. The van der Waals surface area contributed by atoms with Crippen LogP contribution in [0.25, 0.3) is 0 Å². The van der Waals surface area contributed by atoms with Gasteiger partial charge in [0.15, 0.2) is 0 Å². The lowest BCUT2D eigenvalue weighted by atomic mass is 10.1. The van der Waals surface area contributed by atoms with Crippen molar-refractivity contribution < 1.29 is 17.5 Å². The molecule has 7 heteroatoms. The van der Waals surface area contributed by atoms with Gasteiger partial charge in [-0.2, -0.15) is 0 Å². The van der Waals surface area contributed by atoms with Crippen LogP contribution in [0, 0.1) is 5.82 Å². The molecule has 2 aromatic rings. The van der Waals surface area contributed by atoms with E-state index in [1.54, 1.807) is 0 Å². The summed E-state index contributed by atoms with van der Waals surface area (Å²) in [6, 6.07) is 15.6. The van der Waals surface area contributed by atoms with E-state index in [9.17, 15) is 12.8 Å². The molecule has 0 spiro atoms. The van der Waals surface area contributed by atoms with Crippen LogP contribution >= 0.6 is 0 Å². The molecule has 0 saturated carbocycles. The van der Waals surface area contributed by atoms with E-state index >= 15 is 0 Å². The highest BCUT2D eigenvalue weighted by atomic mass is 32.2. The number of unbranched alkanes of at least 4 members (excludes halogenated alkanes) is 1. The number of sulfonamides is 1. The van der Waals surface area contributed by atoms with Crippen molar-refractivity contribution in [2.24, 2.45) is 0 Å². The summed E-state index contributed by atoms with van der Waals surface area (Å²) < 4.78 is 46.3. The van der Waals surface area contributed by atoms with Crippen LogP contribution in [0.2, 0.25) is 0 Å². The molecule has 1 aliphatic rings. The van der Waals surface area contributed by atoms with Gasteiger partial charge in [0, 0.05) is 19.6 Å². The molecule has 1 unspecified atom stereocenters. The molecule has 1 fully saturated rings. The van der Waals surface area contributed by atoms with E-state index < -0.39 is 15.8 Å². The lowest BCUT2D eigenvalue weighted by Gasteiger charge is -2.33. The van der Waals surface area contributed by atoms with Crippen molar-refractivity contribution in [3.63, 3.8) is 0 Å². The fraction of sp³-hybridized carbons (Fsp3) is 0.400. The topological polar surface area (TPSA) is 58.6 Å². The average molecular weight is 392 g/mol. The first-order valence-electron chi connectivity index (χ1n) is 9.19. The van der Waals surface area contributed by atoms with Crippen LogP contribution in [-0.2, 0) is 14.8 Å². The van der Waals surface area contributed by atoms with E-state index in [0.717, 1.165) is 32.1 Å². The van der Waals surface area contributed by atoms with Gasteiger partial charge in [0.05, 0.1) is 12.7 Å². The molecule has 0 aromatic heterocycles. The Hall–Kier alpha value is -1.80. The van der Waals surface area contributed by atoms with Crippen molar-refractivity contribution in [1.82, 2.24) is 9.62 Å². The van der Waals surface area contributed by atoms with Crippen LogP contribution in [0.15, 0.2) is 59.5 Å². The highest BCUT2D eigenvalue weighted by Gasteiger charge is 2.21. The number of benzene rings is 2. The van der Waals surface area contributed by atoms with Gasteiger partial charge in [-0.25, -0.2) is 17.5 Å². The minimum atomic E-state index is -3.80. The van der Waals surface area contributed by atoms with Crippen molar-refractivity contribution in [2.75, 3.05) is 32.8 Å². The normalized spacial score (nSPS) is 18.5. The summed E-state index contributed by atoms with van der Waals surface area (Å²) in [4.78, 5) is 2.04. The molecule has 3 rings (SSSR count). The molecule has 27 heavy (non-hydrogen) atoms. The molecule has 1 saturated heterocycles. The van der Waals surface area contributed by atoms with Crippen LogP contribution in [0.1, 0.15) is 24.5 Å². The second-order valence-electron chi connectivity index (χ2n) is 6.61. The first-order valence-corrected chi connectivity index (χ1v) is 10.7. The highest BCUT2D eigenvalue weighted by Crippen LogP contribution is 2.22. The molecule has 1 atom stereocenters. The maximum Gasteiger partial charge on any atom is 0.243 e. The highest BCUT2D eigenvalue weighted by molar-refractivity contribution is 7.89. The quantitative estimate of drug-likeness (QED) is 0.702. The summed E-state index contributed by atoms with van der Waals surface area (Å²) in [5, 5.41) is 0. The average Bonchev–Trinajstić information content (AvgIpc) is 2.69. The zero-order valence-electron chi connectivity index (χ0n) is 15.2. The van der Waals surface area contributed by atoms with Gasteiger partial charge in [-0.3, -0.25) is 4.90 Å². The monoisotopic (exact) mass is 392 g/mol. The van der Waals surface area contributed by atoms with Crippen LogP contribution in [0.3, 0.4) is 0 Å². The smallest absolute Gasteiger partial charge is 0.243 e. The largest absolute Gasteiger partial charge is 0.371 e. The molecule has 5 nitrogen and oxygen atoms in total. The molecule has 146 valence electrons. The lowest BCUT2D eigenvalue weighted by Crippen LogP contribution is -2.39. The fourth-order valence-electron chi connectivity index (χ4n) is 3.18. The molecular weight excluding hydrogens is 367 g/mol. The summed E-state index contributed by atoms with van der Waals surface area (Å²) >= 11 is 0. The molecular formula is C20H25FN2O3S. The van der Waals surface area contributed by atoms with E-state index in [1.807, 2.05) is 18.2 Å². The first-order chi connectivity index (χ1) is 13.1. The van der Waals surface area contributed by atoms with Gasteiger partial charge < -0.3 is 4.74 Å². The van der Waals surface area contributed by atoms with Crippen LogP contribution in [0.5, 0.6) is 0 Å². The molecule has 0 radical (unpaired) electrons. The van der Waals surface area contributed by atoms with E-state index in [2.05, 4.69) is 21.8 Å². The number of hydrogen-bond donors (Lipinski definition) is 1. The molecule has 1 N–H and O–H groups in total. The summed E-state index contributed by atoms with van der Waals surface area (Å²) in [6.07, 6.45) is 1.64. The van der Waals surface area contributed by atoms with Gasteiger partial charge in [0.1, 0.15) is 10.7 Å². The van der Waals surface area contributed by atoms with Crippen LogP contribution < -0.4 is 4.72 Å². The maximum absolute atomic E-state index is 13.6. The van der Waals surface area contributed by atoms with Crippen molar-refractivity contribution in [3.8, 4) is 0 Å². The Morgan fingerprint density at radius 1 is 1.07 bits per heavy atom. The number of morpholine rings is 1. The van der Waals surface area contributed by atoms with Gasteiger partial charge in [-0.1, -0.05) is 42.5 Å². The fourth-order valence-corrected chi connectivity index (χ4v) is 4.33. The Bertz CT molecular complexity index is 830. The number of nitrogens with zero attached hydrogens (tertiary/aromatic N) is 1. The maximum atomic E-state index is 13.6. The Kier molecular flexibility index (Phi) is 6.95. The molecule has 1 heterocycles. The zero-order chi connectivity index (χ0) is 19.1. The van der Waals surface area contributed by atoms with E-state index in [1.165, 1.54) is 23.8 Å². The second-order valence-corrected chi connectivity index (χ2v) is 8.34. The van der Waals surface area contributed by atoms with E-state index in [4.69, 9.17) is 4.74 Å². The van der Waals surface area contributed by atoms with Crippen molar-refractivity contribution in [1.29, 1.82) is 0 Å². The third-order valence-corrected chi connectivity index (χ3v) is 6.14. The number of rotatable bonds is 8. The minimum Gasteiger partial charge on any atom is -0.371 e. The SMILES string of the molecule is O=S(=O)(NCCCCN1CCOC(c2ccccc2)C1)c1ccccc1F. The Labute approximate surface area is 160 Å². The van der Waals surface area contributed by atoms with Crippen LogP contribution in [-0.4, -0.2) is 46.1 Å². The number of halogens is 1. The summed E-state index contributed by atoms with van der Waals surface area (Å²) in [6.45, 7) is 3.59. The molecule has 1 aliphatic heterocycles. The lowest BCUT2D eigenvalue weighted by molar-refractivity contribution is -0.0303. The number of hydrogen-bond acceptors (Lipinski definition) is 4. The van der Waals surface area contributed by atoms with E-state index in [-0.39, 0.29) is 11.0 Å². The number of nitrogens with one attached hydrogen (secondary N) is 1. The van der Waals surface area contributed by atoms with Crippen molar-refractivity contribution in [3.05, 3.63) is 66.0 Å². The van der Waals surface area contributed by atoms with Gasteiger partial charge in [-0.15, -0.1) is 0 Å². The summed E-state index contributed by atoms with van der Waals surface area (Å²) in [7, 11) is -3.80. The standard InChI is InChI=1S/C20H25FN2O3S/c21-18-10-4-5-11-20(18)27(24,25)22-12-6-7-13-23-14-15-26-19(16-23)17-8-2-1-3-9-17/h1-5,8-11,19,22H,6-7,12-16H2. The van der Waals surface area contributed by atoms with E-state index in [0.29, 0.717) is 19.6 Å². The van der Waals surface area contributed by atoms with Gasteiger partial charge in [0.2, 0.25) is 10.0 Å². The molecule has 0 bridgehead atoms. The number of ether oxygens (including phenoxy) is 1. The summed E-state index contributed by atoms with van der Waals surface area (Å²) in [5.74, 6) is -0.731. The first kappa shape index (κ1) is 19.9. The van der Waals surface area contributed by atoms with Crippen molar-refractivity contribution >= 4 is 10.0 Å².